The van der Waals surface area contributed by atoms with Gasteiger partial charge in [0.25, 0.3) is 5.56 Å². The third kappa shape index (κ3) is 11.2. The Balaban J connectivity index is 1.52. The van der Waals surface area contributed by atoms with Crippen LogP contribution in [0.5, 0.6) is 0 Å². The van der Waals surface area contributed by atoms with Crippen molar-refractivity contribution in [1.82, 2.24) is 9.13 Å². The number of hydrogen-bond donors (Lipinski definition) is 0. The Bertz CT molecular complexity index is 902. The highest BCUT2D eigenvalue weighted by atomic mass is 19.1. The zero-order valence-corrected chi connectivity index (χ0v) is 22.1. The van der Waals surface area contributed by atoms with Crippen LogP contribution in [0.1, 0.15) is 116 Å². The van der Waals surface area contributed by atoms with Gasteiger partial charge in [-0.1, -0.05) is 70.4 Å². The molecule has 1 aliphatic heterocycles. The number of nitrogens with zero attached hydrogens (tertiary/aromatic N) is 2. The Labute approximate surface area is 214 Å². The summed E-state index contributed by atoms with van der Waals surface area (Å²) in [5.41, 5.74) is -1.66. The van der Waals surface area contributed by atoms with Gasteiger partial charge in [-0.05, 0) is 44.9 Å². The van der Waals surface area contributed by atoms with E-state index in [2.05, 4.69) is 19.1 Å². The van der Waals surface area contributed by atoms with Crippen LogP contribution in [0.3, 0.4) is 0 Å². The normalized spacial score (nSPS) is 15.7. The summed E-state index contributed by atoms with van der Waals surface area (Å²) in [7, 11) is 0. The van der Waals surface area contributed by atoms with Gasteiger partial charge in [0.2, 0.25) is 5.82 Å². The lowest BCUT2D eigenvalue weighted by molar-refractivity contribution is -0.144. The first-order valence-electron chi connectivity index (χ1n) is 14.0. The lowest BCUT2D eigenvalue weighted by Gasteiger charge is -2.15. The van der Waals surface area contributed by atoms with Crippen LogP contribution >= 0.6 is 0 Å². The summed E-state index contributed by atoms with van der Waals surface area (Å²) < 4.78 is 26.5. The molecule has 36 heavy (non-hydrogen) atoms. The highest BCUT2D eigenvalue weighted by Crippen LogP contribution is 2.20. The lowest BCUT2D eigenvalue weighted by Crippen LogP contribution is -2.43. The number of hydrogen-bond acceptors (Lipinski definition) is 5. The van der Waals surface area contributed by atoms with Gasteiger partial charge >= 0.3 is 11.7 Å². The first-order valence-corrected chi connectivity index (χ1v) is 14.0. The topological polar surface area (TPSA) is 79.5 Å². The van der Waals surface area contributed by atoms with Crippen molar-refractivity contribution >= 4 is 5.97 Å². The molecule has 0 N–H and O–H groups in total. The van der Waals surface area contributed by atoms with Gasteiger partial charge in [0.05, 0.1) is 12.7 Å². The Morgan fingerprint density at radius 2 is 1.67 bits per heavy atom. The molecular formula is C28H45FN2O5. The van der Waals surface area contributed by atoms with Crippen molar-refractivity contribution in [3.63, 3.8) is 0 Å². The minimum Gasteiger partial charge on any atom is -0.464 e. The monoisotopic (exact) mass is 508 g/mol. The van der Waals surface area contributed by atoms with E-state index in [9.17, 15) is 18.8 Å². The van der Waals surface area contributed by atoms with Crippen LogP contribution in [0, 0.1) is 5.82 Å². The fraction of sp³-hybridized carbons (Fsp3) is 0.750. The molecule has 1 aromatic heterocycles. The lowest BCUT2D eigenvalue weighted by atomic mass is 10.1. The minimum absolute atomic E-state index is 0.145. The zero-order valence-electron chi connectivity index (χ0n) is 22.1. The summed E-state index contributed by atoms with van der Waals surface area (Å²) in [4.78, 5) is 36.6. The van der Waals surface area contributed by atoms with Crippen LogP contribution in [0.25, 0.3) is 0 Å². The smallest absolute Gasteiger partial charge is 0.333 e. The molecule has 0 spiro atoms. The van der Waals surface area contributed by atoms with Gasteiger partial charge in [0.15, 0.2) is 0 Å². The molecule has 2 heterocycles. The summed E-state index contributed by atoms with van der Waals surface area (Å²) in [6.45, 7) is 2.41. The van der Waals surface area contributed by atoms with Crippen LogP contribution in [-0.4, -0.2) is 28.3 Å². The average Bonchev–Trinajstić information content (AvgIpc) is 3.40. The number of carbonyl (C=O) groups is 1. The Morgan fingerprint density at radius 3 is 2.31 bits per heavy atom. The van der Waals surface area contributed by atoms with E-state index in [-0.39, 0.29) is 19.1 Å². The third-order valence-corrected chi connectivity index (χ3v) is 6.59. The highest BCUT2D eigenvalue weighted by molar-refractivity contribution is 5.69. The fourth-order valence-electron chi connectivity index (χ4n) is 4.43. The molecule has 0 radical (unpaired) electrons. The molecule has 1 saturated heterocycles. The Morgan fingerprint density at radius 1 is 1.03 bits per heavy atom. The second-order valence-corrected chi connectivity index (χ2v) is 9.65. The molecule has 8 heteroatoms. The van der Waals surface area contributed by atoms with E-state index in [1.165, 1.54) is 51.4 Å². The number of allylic oxidation sites excluding steroid dienone is 2. The molecular weight excluding hydrogens is 463 g/mol. The number of unbranched alkanes of at least 4 members (excludes halogenated alkanes) is 11. The number of esters is 1. The van der Waals surface area contributed by atoms with Gasteiger partial charge in [-0.15, -0.1) is 0 Å². The van der Waals surface area contributed by atoms with Crippen LogP contribution in [0.2, 0.25) is 0 Å². The Kier molecular flexibility index (Phi) is 15.1. The molecule has 2 rings (SSSR count). The van der Waals surface area contributed by atoms with E-state index >= 15 is 0 Å². The Hall–Kier alpha value is -2.22. The van der Waals surface area contributed by atoms with Crippen molar-refractivity contribution < 1.29 is 18.7 Å². The van der Waals surface area contributed by atoms with Gasteiger partial charge in [0, 0.05) is 13.0 Å². The second-order valence-electron chi connectivity index (χ2n) is 9.65. The van der Waals surface area contributed by atoms with Crippen LogP contribution in [0.4, 0.5) is 4.39 Å². The van der Waals surface area contributed by atoms with Crippen LogP contribution in [-0.2, 0) is 20.8 Å². The second kappa shape index (κ2) is 18.1. The molecule has 0 amide bonds. The van der Waals surface area contributed by atoms with E-state index in [0.717, 1.165) is 53.9 Å². The molecule has 7 nitrogen and oxygen atoms in total. The molecule has 0 saturated carbocycles. The summed E-state index contributed by atoms with van der Waals surface area (Å²) in [6.07, 6.45) is 22.0. The molecule has 1 atom stereocenters. The summed E-state index contributed by atoms with van der Waals surface area (Å²) in [5, 5.41) is 0. The number of carbonyl (C=O) groups excluding carboxylic acids is 1. The highest BCUT2D eigenvalue weighted by Gasteiger charge is 2.22. The van der Waals surface area contributed by atoms with Crippen molar-refractivity contribution in [1.29, 1.82) is 0 Å². The number of halogens is 1. The minimum atomic E-state index is -1.02. The molecule has 1 aromatic rings. The molecule has 204 valence electrons. The molecule has 1 aliphatic rings. The number of aromatic nitrogens is 2. The van der Waals surface area contributed by atoms with Gasteiger partial charge in [-0.25, -0.2) is 4.79 Å². The summed E-state index contributed by atoms with van der Waals surface area (Å²) >= 11 is 0. The van der Waals surface area contributed by atoms with Crippen LogP contribution < -0.4 is 11.2 Å². The predicted molar refractivity (Wildman–Crippen MR) is 140 cm³/mol. The van der Waals surface area contributed by atoms with Gasteiger partial charge in [-0.2, -0.15) is 4.39 Å². The van der Waals surface area contributed by atoms with Gasteiger partial charge < -0.3 is 9.47 Å². The van der Waals surface area contributed by atoms with E-state index in [0.29, 0.717) is 19.4 Å². The van der Waals surface area contributed by atoms with E-state index in [4.69, 9.17) is 9.47 Å². The maximum Gasteiger partial charge on any atom is 0.333 e. The van der Waals surface area contributed by atoms with Crippen molar-refractivity contribution in [2.24, 2.45) is 0 Å². The van der Waals surface area contributed by atoms with E-state index in [1.807, 2.05) is 0 Å². The number of rotatable bonds is 19. The van der Waals surface area contributed by atoms with E-state index in [1.54, 1.807) is 0 Å². The van der Waals surface area contributed by atoms with Crippen LogP contribution in [0.15, 0.2) is 27.9 Å². The molecule has 0 unspecified atom stereocenters. The SMILES string of the molecule is CCCCCCCC/C=C\CCCCCCCC(=O)OCCn1c(=O)c(F)cn([C@H]2CCCO2)c1=O. The van der Waals surface area contributed by atoms with Crippen molar-refractivity contribution in [2.45, 2.75) is 122 Å². The zero-order chi connectivity index (χ0) is 26.0. The third-order valence-electron chi connectivity index (χ3n) is 6.59. The van der Waals surface area contributed by atoms with Gasteiger partial charge in [0.1, 0.15) is 12.8 Å². The standard InChI is InChI=1S/C28H45FN2O5/c1-2-3-4-5-6-7-8-9-10-11-12-13-14-15-16-19-26(32)36-22-20-30-27(33)24(29)23-31(28(30)34)25-18-17-21-35-25/h9-10,23,25H,2-8,11-22H2,1H3/b10-9-/t25-/m1/s1. The quantitative estimate of drug-likeness (QED) is 0.129. The largest absolute Gasteiger partial charge is 0.464 e. The average molecular weight is 509 g/mol. The summed E-state index contributed by atoms with van der Waals surface area (Å²) in [6, 6.07) is 0. The van der Waals surface area contributed by atoms with Crippen molar-refractivity contribution in [2.75, 3.05) is 13.2 Å². The van der Waals surface area contributed by atoms with Crippen molar-refractivity contribution in [3.8, 4) is 0 Å². The van der Waals surface area contributed by atoms with Crippen molar-refractivity contribution in [3.05, 3.63) is 45.0 Å². The molecule has 0 aliphatic carbocycles. The molecule has 0 bridgehead atoms. The first kappa shape index (κ1) is 30.0. The fourth-order valence-corrected chi connectivity index (χ4v) is 4.43. The maximum atomic E-state index is 14.0. The number of ether oxygens (including phenoxy) is 2. The summed E-state index contributed by atoms with van der Waals surface area (Å²) in [5.74, 6) is -1.39. The first-order chi connectivity index (χ1) is 17.5. The molecule has 0 aromatic carbocycles. The van der Waals surface area contributed by atoms with E-state index < -0.39 is 23.3 Å². The molecule has 1 fully saturated rings. The van der Waals surface area contributed by atoms with Gasteiger partial charge in [-0.3, -0.25) is 18.7 Å². The predicted octanol–water partition coefficient (Wildman–Crippen LogP) is 6.04. The maximum absolute atomic E-state index is 14.0.